The van der Waals surface area contributed by atoms with Crippen LogP contribution in [0.3, 0.4) is 0 Å². The highest BCUT2D eigenvalue weighted by molar-refractivity contribution is 5.83. The number of imidazole rings is 2. The molecule has 1 fully saturated rings. The summed E-state index contributed by atoms with van der Waals surface area (Å²) in [6.07, 6.45) is 1.37. The van der Waals surface area contributed by atoms with Crippen molar-refractivity contribution < 1.29 is 18.0 Å². The van der Waals surface area contributed by atoms with E-state index in [0.29, 0.717) is 53.0 Å². The van der Waals surface area contributed by atoms with Crippen molar-refractivity contribution in [1.82, 2.24) is 29.0 Å². The first-order valence-corrected chi connectivity index (χ1v) is 10.9. The van der Waals surface area contributed by atoms with Gasteiger partial charge in [-0.15, -0.1) is 0 Å². The Balaban J connectivity index is 1.44. The number of fused-ring (bicyclic) bond motifs is 2. The number of alkyl halides is 2. The lowest BCUT2D eigenvalue weighted by Crippen LogP contribution is -2.40. The Morgan fingerprint density at radius 3 is 2.59 bits per heavy atom. The van der Waals surface area contributed by atoms with Crippen LogP contribution in [0.4, 0.5) is 19.0 Å². The summed E-state index contributed by atoms with van der Waals surface area (Å²) in [6.45, 7) is 0.799. The molecule has 0 bridgehead atoms. The third kappa shape index (κ3) is 3.30. The van der Waals surface area contributed by atoms with Crippen molar-refractivity contribution in [2.75, 3.05) is 18.9 Å². The molecule has 3 aromatic heterocycles. The molecule has 4 heterocycles. The molecule has 1 amide bonds. The monoisotopic (exact) mass is 467 g/mol. The Hall–Kier alpha value is -3.89. The van der Waals surface area contributed by atoms with Gasteiger partial charge in [-0.3, -0.25) is 4.79 Å². The molecule has 174 valence electrons. The van der Waals surface area contributed by atoms with E-state index in [4.69, 9.17) is 10.1 Å². The Labute approximate surface area is 192 Å². The van der Waals surface area contributed by atoms with Gasteiger partial charge in [0.1, 0.15) is 29.1 Å². The molecule has 2 aliphatic rings. The van der Waals surface area contributed by atoms with Crippen LogP contribution in [0.25, 0.3) is 28.3 Å². The minimum Gasteiger partial charge on any atom is -0.372 e. The lowest BCUT2D eigenvalue weighted by Gasteiger charge is -2.28. The Morgan fingerprint density at radius 2 is 1.88 bits per heavy atom. The molecule has 1 saturated carbocycles. The van der Waals surface area contributed by atoms with Crippen molar-refractivity contribution in [3.05, 3.63) is 54.2 Å². The molecule has 1 aromatic carbocycles. The maximum atomic E-state index is 13.6. The Kier molecular flexibility index (Phi) is 4.45. The molecule has 1 N–H and O–H groups in total. The zero-order chi connectivity index (χ0) is 23.6. The van der Waals surface area contributed by atoms with Crippen LogP contribution in [0.15, 0.2) is 42.6 Å². The zero-order valence-electron chi connectivity index (χ0n) is 18.2. The van der Waals surface area contributed by atoms with E-state index in [-0.39, 0.29) is 12.4 Å². The van der Waals surface area contributed by atoms with Gasteiger partial charge < -0.3 is 14.8 Å². The molecule has 0 saturated heterocycles. The lowest BCUT2D eigenvalue weighted by molar-refractivity contribution is -0.136. The van der Waals surface area contributed by atoms with Crippen LogP contribution in [0.5, 0.6) is 0 Å². The predicted octanol–water partition coefficient (Wildman–Crippen LogP) is 3.44. The molecule has 11 heteroatoms. The number of hydrogen-bond donors (Lipinski definition) is 1. The molecular weight excluding hydrogens is 447 g/mol. The van der Waals surface area contributed by atoms with Gasteiger partial charge >= 0.3 is 0 Å². The van der Waals surface area contributed by atoms with Crippen molar-refractivity contribution in [3.63, 3.8) is 0 Å². The third-order valence-corrected chi connectivity index (χ3v) is 6.34. The van der Waals surface area contributed by atoms with Gasteiger partial charge in [0.05, 0.1) is 24.1 Å². The normalized spacial score (nSPS) is 18.7. The van der Waals surface area contributed by atoms with Crippen molar-refractivity contribution in [2.24, 2.45) is 5.92 Å². The average molecular weight is 467 g/mol. The van der Waals surface area contributed by atoms with Gasteiger partial charge in [-0.2, -0.15) is 5.10 Å². The first-order chi connectivity index (χ1) is 16.3. The van der Waals surface area contributed by atoms with E-state index >= 15 is 0 Å². The molecule has 1 unspecified atom stereocenters. The number of nitrogens with one attached hydrogen (secondary N) is 1. The van der Waals surface area contributed by atoms with Crippen LogP contribution in [-0.2, 0) is 17.9 Å². The van der Waals surface area contributed by atoms with Gasteiger partial charge in [0, 0.05) is 32.1 Å². The fraction of sp³-hybridized carbons (Fsp3) is 0.304. The molecule has 1 aliphatic heterocycles. The number of nitrogens with zero attached hydrogens (tertiary/aromatic N) is 6. The van der Waals surface area contributed by atoms with Gasteiger partial charge in [-0.25, -0.2) is 27.7 Å². The van der Waals surface area contributed by atoms with Gasteiger partial charge in [0.15, 0.2) is 5.65 Å². The molecule has 8 nitrogen and oxygen atoms in total. The summed E-state index contributed by atoms with van der Waals surface area (Å²) in [7, 11) is 1.77. The van der Waals surface area contributed by atoms with Crippen LogP contribution < -0.4 is 5.32 Å². The molecule has 0 spiro atoms. The van der Waals surface area contributed by atoms with E-state index in [0.717, 1.165) is 0 Å². The number of carbonyl (C=O) groups excluding carboxylic acids is 1. The van der Waals surface area contributed by atoms with E-state index in [1.54, 1.807) is 29.9 Å². The number of anilines is 1. The number of carbonyl (C=O) groups is 1. The van der Waals surface area contributed by atoms with Crippen LogP contribution in [0.1, 0.15) is 12.2 Å². The summed E-state index contributed by atoms with van der Waals surface area (Å²) in [4.78, 5) is 23.2. The summed E-state index contributed by atoms with van der Waals surface area (Å²) in [5, 5.41) is 7.69. The molecule has 4 aromatic rings. The van der Waals surface area contributed by atoms with Gasteiger partial charge in [-0.05, 0) is 36.4 Å². The smallest absolute Gasteiger partial charge is 0.260 e. The predicted molar refractivity (Wildman–Crippen MR) is 118 cm³/mol. The van der Waals surface area contributed by atoms with Crippen molar-refractivity contribution in [3.8, 4) is 22.6 Å². The second-order valence-corrected chi connectivity index (χ2v) is 8.56. The summed E-state index contributed by atoms with van der Waals surface area (Å²) < 4.78 is 44.2. The maximum Gasteiger partial charge on any atom is 0.260 e. The highest BCUT2D eigenvalue weighted by Gasteiger charge is 2.62. The number of aromatic nitrogens is 5. The molecular formula is C23H20F3N7O. The quantitative estimate of drug-likeness (QED) is 0.498. The van der Waals surface area contributed by atoms with Crippen LogP contribution >= 0.6 is 0 Å². The molecule has 0 radical (unpaired) electrons. The number of halogens is 3. The Bertz CT molecular complexity index is 1430. The van der Waals surface area contributed by atoms with E-state index in [1.165, 1.54) is 17.0 Å². The van der Waals surface area contributed by atoms with Crippen molar-refractivity contribution in [2.45, 2.75) is 25.4 Å². The first kappa shape index (κ1) is 20.7. The van der Waals surface area contributed by atoms with E-state index in [9.17, 15) is 18.0 Å². The second-order valence-electron chi connectivity index (χ2n) is 8.56. The number of hydrogen-bond acceptors (Lipinski definition) is 5. The second kappa shape index (κ2) is 7.31. The summed E-state index contributed by atoms with van der Waals surface area (Å²) in [5.74, 6) is -3.82. The fourth-order valence-electron chi connectivity index (χ4n) is 4.42. The number of benzene rings is 1. The van der Waals surface area contributed by atoms with Crippen molar-refractivity contribution in [1.29, 1.82) is 0 Å². The summed E-state index contributed by atoms with van der Waals surface area (Å²) in [5.41, 5.74) is 3.28. The molecule has 6 rings (SSSR count). The van der Waals surface area contributed by atoms with Crippen LogP contribution in [0.2, 0.25) is 0 Å². The third-order valence-electron chi connectivity index (χ3n) is 6.34. The van der Waals surface area contributed by atoms with E-state index < -0.39 is 24.2 Å². The minimum atomic E-state index is -2.91. The average Bonchev–Trinajstić information content (AvgIpc) is 3.16. The van der Waals surface area contributed by atoms with Gasteiger partial charge in [0.2, 0.25) is 5.91 Å². The number of rotatable bonds is 4. The summed E-state index contributed by atoms with van der Waals surface area (Å²) >= 11 is 0. The standard InChI is InChI=1S/C23H20F3N7O/c1-27-17-11-33-18(28-17)7-6-16(30-33)21-20(13-2-4-14(24)5-3-13)29-19-12-31(8-9-32(19)21)22(34)15-10-23(15,25)26/h2-7,11,15,27H,8-10,12H2,1H3. The van der Waals surface area contributed by atoms with E-state index in [2.05, 4.69) is 10.3 Å². The van der Waals surface area contributed by atoms with E-state index in [1.807, 2.05) is 16.7 Å². The fourth-order valence-corrected chi connectivity index (χ4v) is 4.42. The van der Waals surface area contributed by atoms with Gasteiger partial charge in [-0.1, -0.05) is 0 Å². The minimum absolute atomic E-state index is 0.122. The van der Waals surface area contributed by atoms with Gasteiger partial charge in [0.25, 0.3) is 5.92 Å². The molecule has 34 heavy (non-hydrogen) atoms. The SMILES string of the molecule is CNc1cn2nc(-c3c(-c4ccc(F)cc4)nc4n3CCN(C(=O)C3CC3(F)F)C4)ccc2n1. The number of amides is 1. The van der Waals surface area contributed by atoms with Crippen LogP contribution in [-0.4, -0.2) is 54.5 Å². The topological polar surface area (TPSA) is 80.4 Å². The largest absolute Gasteiger partial charge is 0.372 e. The zero-order valence-corrected chi connectivity index (χ0v) is 18.2. The highest BCUT2D eigenvalue weighted by atomic mass is 19.3. The Morgan fingerprint density at radius 1 is 1.12 bits per heavy atom. The first-order valence-electron chi connectivity index (χ1n) is 10.9. The lowest BCUT2D eigenvalue weighted by atomic mass is 10.1. The molecule has 1 atom stereocenters. The highest BCUT2D eigenvalue weighted by Crippen LogP contribution is 2.50. The summed E-state index contributed by atoms with van der Waals surface area (Å²) in [6, 6.07) is 9.65. The maximum absolute atomic E-state index is 13.6. The molecule has 1 aliphatic carbocycles. The van der Waals surface area contributed by atoms with Crippen molar-refractivity contribution >= 4 is 17.4 Å². The van der Waals surface area contributed by atoms with Crippen LogP contribution in [0, 0.1) is 11.7 Å².